The number of hydrogen-bond acceptors (Lipinski definition) is 3. The Hall–Kier alpha value is -2.05. The molecule has 0 bridgehead atoms. The summed E-state index contributed by atoms with van der Waals surface area (Å²) in [5.74, 6) is -0.0830. The number of halogens is 3. The number of ether oxygens (including phenoxy) is 1. The van der Waals surface area contributed by atoms with Gasteiger partial charge in [-0.3, -0.25) is 9.59 Å². The molecule has 0 spiro atoms. The van der Waals surface area contributed by atoms with Gasteiger partial charge in [-0.2, -0.15) is 13.2 Å². The lowest BCUT2D eigenvalue weighted by Crippen LogP contribution is -2.36. The number of carbonyl (C=O) groups is 2. The maximum Gasteiger partial charge on any atom is 0.416 e. The Morgan fingerprint density at radius 1 is 1.20 bits per heavy atom. The van der Waals surface area contributed by atoms with Crippen molar-refractivity contribution in [2.24, 2.45) is 5.92 Å². The lowest BCUT2D eigenvalue weighted by atomic mass is 10.1. The van der Waals surface area contributed by atoms with Crippen molar-refractivity contribution in [3.8, 4) is 0 Å². The number of hydrogen-bond donors (Lipinski definition) is 0. The topological polar surface area (TPSA) is 46.6 Å². The largest absolute Gasteiger partial charge is 0.466 e. The average molecular weight is 357 g/mol. The van der Waals surface area contributed by atoms with Crippen molar-refractivity contribution < 1.29 is 27.5 Å². The Morgan fingerprint density at radius 3 is 2.36 bits per heavy atom. The molecule has 2 rings (SSSR count). The molecule has 7 heteroatoms. The third kappa shape index (κ3) is 6.40. The third-order valence-corrected chi connectivity index (χ3v) is 4.06. The predicted octanol–water partition coefficient (Wildman–Crippen LogP) is 3.44. The molecule has 0 aromatic heterocycles. The number of nitrogens with zero attached hydrogens (tertiary/aromatic N) is 1. The summed E-state index contributed by atoms with van der Waals surface area (Å²) >= 11 is 0. The zero-order valence-electron chi connectivity index (χ0n) is 14.1. The number of amides is 1. The molecular formula is C18H22F3NO3. The molecule has 0 atom stereocenters. The smallest absolute Gasteiger partial charge is 0.416 e. The van der Waals surface area contributed by atoms with Gasteiger partial charge in [-0.25, -0.2) is 0 Å². The Kier molecular flexibility index (Phi) is 6.45. The van der Waals surface area contributed by atoms with Gasteiger partial charge < -0.3 is 9.64 Å². The normalized spacial score (nSPS) is 14.2. The first kappa shape index (κ1) is 19.3. The van der Waals surface area contributed by atoms with E-state index in [0.717, 1.165) is 25.0 Å². The van der Waals surface area contributed by atoms with Crippen LogP contribution < -0.4 is 0 Å². The van der Waals surface area contributed by atoms with Crippen LogP contribution in [0.3, 0.4) is 0 Å². The van der Waals surface area contributed by atoms with Gasteiger partial charge in [-0.05, 0) is 43.4 Å². The van der Waals surface area contributed by atoms with Gasteiger partial charge in [-0.1, -0.05) is 12.1 Å². The van der Waals surface area contributed by atoms with Gasteiger partial charge in [0.2, 0.25) is 5.91 Å². The van der Waals surface area contributed by atoms with Crippen LogP contribution in [0.5, 0.6) is 0 Å². The first-order valence-corrected chi connectivity index (χ1v) is 8.39. The summed E-state index contributed by atoms with van der Waals surface area (Å²) in [6.07, 6.45) is -2.12. The second-order valence-electron chi connectivity index (χ2n) is 6.21. The molecule has 0 saturated heterocycles. The van der Waals surface area contributed by atoms with Crippen molar-refractivity contribution in [3.63, 3.8) is 0 Å². The van der Waals surface area contributed by atoms with Gasteiger partial charge in [0.25, 0.3) is 0 Å². The standard InChI is InChI=1S/C18H22F3NO3/c1-2-25-17(24)9-10-22(12-14-3-4-14)16(23)11-13-5-7-15(8-6-13)18(19,20)21/h5-8,14H,2-4,9-12H2,1H3. The van der Waals surface area contributed by atoms with Crippen LogP contribution in [0.15, 0.2) is 24.3 Å². The first-order chi connectivity index (χ1) is 11.8. The molecule has 0 radical (unpaired) electrons. The lowest BCUT2D eigenvalue weighted by molar-refractivity contribution is -0.144. The molecule has 1 aromatic rings. The molecule has 1 saturated carbocycles. The average Bonchev–Trinajstić information content (AvgIpc) is 3.35. The molecule has 25 heavy (non-hydrogen) atoms. The van der Waals surface area contributed by atoms with E-state index in [1.54, 1.807) is 11.8 Å². The van der Waals surface area contributed by atoms with Gasteiger partial charge in [0.15, 0.2) is 0 Å². The SMILES string of the molecule is CCOC(=O)CCN(CC1CC1)C(=O)Cc1ccc(C(F)(F)F)cc1. The van der Waals surface area contributed by atoms with Crippen LogP contribution in [0.25, 0.3) is 0 Å². The zero-order valence-corrected chi connectivity index (χ0v) is 14.1. The summed E-state index contributed by atoms with van der Waals surface area (Å²) in [6.45, 7) is 2.87. The third-order valence-electron chi connectivity index (χ3n) is 4.06. The van der Waals surface area contributed by atoms with Crippen LogP contribution in [0.2, 0.25) is 0 Å². The second kappa shape index (κ2) is 8.36. The van der Waals surface area contributed by atoms with E-state index in [1.165, 1.54) is 12.1 Å². The Labute approximate surface area is 144 Å². The zero-order chi connectivity index (χ0) is 18.4. The molecule has 138 valence electrons. The van der Waals surface area contributed by atoms with Crippen LogP contribution in [0.1, 0.15) is 37.3 Å². The minimum absolute atomic E-state index is 0.0215. The highest BCUT2D eigenvalue weighted by Crippen LogP contribution is 2.31. The van der Waals surface area contributed by atoms with Crippen molar-refractivity contribution >= 4 is 11.9 Å². The quantitative estimate of drug-likeness (QED) is 0.670. The van der Waals surface area contributed by atoms with Gasteiger partial charge in [-0.15, -0.1) is 0 Å². The van der Waals surface area contributed by atoms with Crippen LogP contribution in [-0.2, 0) is 26.9 Å². The highest BCUT2D eigenvalue weighted by Gasteiger charge is 2.30. The van der Waals surface area contributed by atoms with E-state index in [1.807, 2.05) is 0 Å². The summed E-state index contributed by atoms with van der Waals surface area (Å²) in [5, 5.41) is 0. The van der Waals surface area contributed by atoms with Crippen molar-refractivity contribution in [3.05, 3.63) is 35.4 Å². The fourth-order valence-corrected chi connectivity index (χ4v) is 2.49. The van der Waals surface area contributed by atoms with Crippen molar-refractivity contribution in [1.82, 2.24) is 4.90 Å². The molecule has 1 aliphatic carbocycles. The van der Waals surface area contributed by atoms with Gasteiger partial charge in [0, 0.05) is 13.1 Å². The van der Waals surface area contributed by atoms with E-state index in [2.05, 4.69) is 0 Å². The van der Waals surface area contributed by atoms with E-state index in [4.69, 9.17) is 4.74 Å². The highest BCUT2D eigenvalue weighted by molar-refractivity contribution is 5.79. The van der Waals surface area contributed by atoms with E-state index in [9.17, 15) is 22.8 Å². The number of carbonyl (C=O) groups excluding carboxylic acids is 2. The minimum Gasteiger partial charge on any atom is -0.466 e. The maximum atomic E-state index is 12.6. The van der Waals surface area contributed by atoms with Crippen LogP contribution in [-0.4, -0.2) is 36.5 Å². The number of rotatable bonds is 8. The van der Waals surface area contributed by atoms with Crippen molar-refractivity contribution in [2.75, 3.05) is 19.7 Å². The number of esters is 1. The molecule has 0 heterocycles. The van der Waals surface area contributed by atoms with E-state index < -0.39 is 11.7 Å². The molecule has 1 aromatic carbocycles. The maximum absolute atomic E-state index is 12.6. The van der Waals surface area contributed by atoms with Gasteiger partial charge in [0.1, 0.15) is 0 Å². The monoisotopic (exact) mass is 357 g/mol. The summed E-state index contributed by atoms with van der Waals surface area (Å²) in [6, 6.07) is 4.60. The molecular weight excluding hydrogens is 335 g/mol. The predicted molar refractivity (Wildman–Crippen MR) is 85.7 cm³/mol. The lowest BCUT2D eigenvalue weighted by Gasteiger charge is -2.22. The number of alkyl halides is 3. The Morgan fingerprint density at radius 2 is 1.84 bits per heavy atom. The summed E-state index contributed by atoms with van der Waals surface area (Å²) in [5.41, 5.74) is -0.212. The Balaban J connectivity index is 1.94. The Bertz CT molecular complexity index is 595. The fourth-order valence-electron chi connectivity index (χ4n) is 2.49. The molecule has 0 unspecified atom stereocenters. The van der Waals surface area contributed by atoms with E-state index in [0.29, 0.717) is 24.6 Å². The summed E-state index contributed by atoms with van der Waals surface area (Å²) in [7, 11) is 0. The highest BCUT2D eigenvalue weighted by atomic mass is 19.4. The fraction of sp³-hybridized carbons (Fsp3) is 0.556. The van der Waals surface area contributed by atoms with E-state index >= 15 is 0 Å². The molecule has 1 aliphatic rings. The van der Waals surface area contributed by atoms with Crippen molar-refractivity contribution in [2.45, 2.75) is 38.8 Å². The molecule has 4 nitrogen and oxygen atoms in total. The summed E-state index contributed by atoms with van der Waals surface area (Å²) < 4.78 is 42.6. The summed E-state index contributed by atoms with van der Waals surface area (Å²) in [4.78, 5) is 25.6. The minimum atomic E-state index is -4.39. The van der Waals surface area contributed by atoms with Crippen LogP contribution in [0.4, 0.5) is 13.2 Å². The van der Waals surface area contributed by atoms with Crippen LogP contribution >= 0.6 is 0 Å². The first-order valence-electron chi connectivity index (χ1n) is 8.39. The second-order valence-corrected chi connectivity index (χ2v) is 6.21. The van der Waals surface area contributed by atoms with E-state index in [-0.39, 0.29) is 31.3 Å². The van der Waals surface area contributed by atoms with Crippen LogP contribution in [0, 0.1) is 5.92 Å². The number of benzene rings is 1. The molecule has 0 N–H and O–H groups in total. The van der Waals surface area contributed by atoms with Crippen molar-refractivity contribution in [1.29, 1.82) is 0 Å². The molecule has 0 aliphatic heterocycles. The molecule has 1 amide bonds. The molecule has 1 fully saturated rings. The van der Waals surface area contributed by atoms with Gasteiger partial charge in [0.05, 0.1) is 25.0 Å². The van der Waals surface area contributed by atoms with Gasteiger partial charge >= 0.3 is 12.1 Å².